The van der Waals surface area contributed by atoms with E-state index in [1.807, 2.05) is 6.33 Å². The van der Waals surface area contributed by atoms with Gasteiger partial charge in [0, 0.05) is 6.54 Å². The summed E-state index contributed by atoms with van der Waals surface area (Å²) in [4.78, 5) is 15.3. The molecule has 0 bridgehead atoms. The van der Waals surface area contributed by atoms with Crippen molar-refractivity contribution in [2.75, 3.05) is 0 Å². The predicted octanol–water partition coefficient (Wildman–Crippen LogP) is 2.92. The molecule has 3 rings (SSSR count). The molecule has 0 saturated heterocycles. The van der Waals surface area contributed by atoms with E-state index in [2.05, 4.69) is 16.5 Å². The van der Waals surface area contributed by atoms with Crippen molar-refractivity contribution < 1.29 is 9.90 Å². The molecule has 4 nitrogen and oxygen atoms in total. The van der Waals surface area contributed by atoms with Gasteiger partial charge in [0.15, 0.2) is 0 Å². The van der Waals surface area contributed by atoms with Gasteiger partial charge in [0.2, 0.25) is 0 Å². The zero-order valence-electron chi connectivity index (χ0n) is 10.4. The molecule has 18 heavy (non-hydrogen) atoms. The zero-order valence-corrected chi connectivity index (χ0v) is 10.4. The van der Waals surface area contributed by atoms with Crippen LogP contribution in [0.4, 0.5) is 0 Å². The van der Waals surface area contributed by atoms with Gasteiger partial charge in [-0.15, -0.1) is 0 Å². The number of aromatic carboxylic acids is 1. The van der Waals surface area contributed by atoms with Gasteiger partial charge >= 0.3 is 5.97 Å². The van der Waals surface area contributed by atoms with Gasteiger partial charge in [-0.2, -0.15) is 0 Å². The van der Waals surface area contributed by atoms with Crippen LogP contribution in [-0.2, 0) is 6.54 Å². The van der Waals surface area contributed by atoms with Gasteiger partial charge in [-0.05, 0) is 42.9 Å². The van der Waals surface area contributed by atoms with Gasteiger partial charge in [0.05, 0.1) is 22.9 Å². The summed E-state index contributed by atoms with van der Waals surface area (Å²) < 4.78 is 2.10. The highest BCUT2D eigenvalue weighted by molar-refractivity contribution is 5.92. The molecule has 0 spiro atoms. The Labute approximate surface area is 105 Å². The van der Waals surface area contributed by atoms with E-state index in [-0.39, 0.29) is 0 Å². The molecule has 94 valence electrons. The van der Waals surface area contributed by atoms with E-state index < -0.39 is 5.97 Å². The van der Waals surface area contributed by atoms with Gasteiger partial charge in [0.25, 0.3) is 0 Å². The van der Waals surface area contributed by atoms with Crippen LogP contribution in [0.2, 0.25) is 0 Å². The molecule has 4 heteroatoms. The molecular weight excluding hydrogens is 228 g/mol. The van der Waals surface area contributed by atoms with E-state index in [0.29, 0.717) is 11.0 Å². The highest BCUT2D eigenvalue weighted by Crippen LogP contribution is 2.50. The van der Waals surface area contributed by atoms with Gasteiger partial charge in [-0.1, -0.05) is 6.92 Å². The zero-order chi connectivity index (χ0) is 12.8. The molecule has 1 aliphatic carbocycles. The number of rotatable bonds is 4. The van der Waals surface area contributed by atoms with Gasteiger partial charge in [-0.3, -0.25) is 0 Å². The third-order valence-electron chi connectivity index (χ3n) is 4.08. The lowest BCUT2D eigenvalue weighted by Gasteiger charge is -2.13. The number of hydrogen-bond acceptors (Lipinski definition) is 2. The van der Waals surface area contributed by atoms with Crippen molar-refractivity contribution >= 4 is 17.0 Å². The first kappa shape index (κ1) is 11.3. The Balaban J connectivity index is 2.01. The maximum absolute atomic E-state index is 11.0. The maximum Gasteiger partial charge on any atom is 0.335 e. The fourth-order valence-corrected chi connectivity index (χ4v) is 2.48. The van der Waals surface area contributed by atoms with Crippen molar-refractivity contribution in [3.63, 3.8) is 0 Å². The highest BCUT2D eigenvalue weighted by atomic mass is 16.4. The molecule has 1 saturated carbocycles. The number of fused-ring (bicyclic) bond motifs is 1. The van der Waals surface area contributed by atoms with Crippen LogP contribution < -0.4 is 0 Å². The maximum atomic E-state index is 11.0. The monoisotopic (exact) mass is 244 g/mol. The summed E-state index contributed by atoms with van der Waals surface area (Å²) in [6, 6.07) is 5.10. The quantitative estimate of drug-likeness (QED) is 0.899. The third-order valence-corrected chi connectivity index (χ3v) is 4.08. The van der Waals surface area contributed by atoms with Gasteiger partial charge < -0.3 is 9.67 Å². The summed E-state index contributed by atoms with van der Waals surface area (Å²) in [7, 11) is 0. The molecule has 0 unspecified atom stereocenters. The molecule has 1 aromatic carbocycles. The Kier molecular flexibility index (Phi) is 2.40. The molecule has 0 amide bonds. The fourth-order valence-electron chi connectivity index (χ4n) is 2.48. The van der Waals surface area contributed by atoms with Crippen molar-refractivity contribution in [3.05, 3.63) is 30.1 Å². The van der Waals surface area contributed by atoms with Crippen molar-refractivity contribution in [2.45, 2.75) is 32.7 Å². The van der Waals surface area contributed by atoms with Crippen molar-refractivity contribution in [1.82, 2.24) is 9.55 Å². The van der Waals surface area contributed by atoms with Gasteiger partial charge in [0.1, 0.15) is 0 Å². The minimum Gasteiger partial charge on any atom is -0.478 e. The van der Waals surface area contributed by atoms with E-state index in [1.165, 1.54) is 19.3 Å². The molecule has 1 N–H and O–H groups in total. The van der Waals surface area contributed by atoms with Crippen LogP contribution >= 0.6 is 0 Å². The third kappa shape index (κ3) is 1.78. The lowest BCUT2D eigenvalue weighted by Crippen LogP contribution is -2.09. The second-order valence-electron chi connectivity index (χ2n) is 5.23. The van der Waals surface area contributed by atoms with E-state index >= 15 is 0 Å². The first-order chi connectivity index (χ1) is 8.63. The number of carboxylic acids is 1. The van der Waals surface area contributed by atoms with E-state index in [9.17, 15) is 4.79 Å². The molecule has 0 radical (unpaired) electrons. The summed E-state index contributed by atoms with van der Waals surface area (Å²) in [5.41, 5.74) is 2.54. The first-order valence-electron chi connectivity index (χ1n) is 6.32. The van der Waals surface area contributed by atoms with Crippen LogP contribution in [0.3, 0.4) is 0 Å². The van der Waals surface area contributed by atoms with E-state index in [1.54, 1.807) is 18.2 Å². The number of imidazole rings is 1. The molecular formula is C14H16N2O2. The second-order valence-corrected chi connectivity index (χ2v) is 5.23. The molecule has 0 aliphatic heterocycles. The summed E-state index contributed by atoms with van der Waals surface area (Å²) in [5.74, 6) is -0.888. The van der Waals surface area contributed by atoms with Crippen molar-refractivity contribution in [1.29, 1.82) is 0 Å². The Morgan fingerprint density at radius 3 is 2.89 bits per heavy atom. The molecule has 1 heterocycles. The van der Waals surface area contributed by atoms with Crippen molar-refractivity contribution in [3.8, 4) is 0 Å². The lowest BCUT2D eigenvalue weighted by atomic mass is 10.0. The normalized spacial score (nSPS) is 16.9. The smallest absolute Gasteiger partial charge is 0.335 e. The van der Waals surface area contributed by atoms with Crippen LogP contribution in [0.5, 0.6) is 0 Å². The Hall–Kier alpha value is -1.84. The van der Waals surface area contributed by atoms with Crippen molar-refractivity contribution in [2.24, 2.45) is 5.41 Å². The average molecular weight is 244 g/mol. The first-order valence-corrected chi connectivity index (χ1v) is 6.32. The van der Waals surface area contributed by atoms with E-state index in [0.717, 1.165) is 17.6 Å². The average Bonchev–Trinajstić information content (AvgIpc) is 3.04. The molecule has 1 aromatic heterocycles. The number of carboxylic acid groups (broad SMARTS) is 1. The lowest BCUT2D eigenvalue weighted by molar-refractivity contribution is 0.0697. The second kappa shape index (κ2) is 3.83. The van der Waals surface area contributed by atoms with Crippen LogP contribution in [0, 0.1) is 5.41 Å². The van der Waals surface area contributed by atoms with Crippen LogP contribution in [0.25, 0.3) is 11.0 Å². The standard InChI is InChI=1S/C14H16N2O2/c1-2-14(5-6-14)8-16-9-15-11-4-3-10(13(17)18)7-12(11)16/h3-4,7,9H,2,5-6,8H2,1H3,(H,17,18). The largest absolute Gasteiger partial charge is 0.478 e. The molecule has 1 aliphatic rings. The predicted molar refractivity (Wildman–Crippen MR) is 68.7 cm³/mol. The summed E-state index contributed by atoms with van der Waals surface area (Å²) in [5, 5.41) is 9.03. The topological polar surface area (TPSA) is 55.1 Å². The number of nitrogens with zero attached hydrogens (tertiary/aromatic N) is 2. The van der Waals surface area contributed by atoms with Crippen LogP contribution in [-0.4, -0.2) is 20.6 Å². The van der Waals surface area contributed by atoms with E-state index in [4.69, 9.17) is 5.11 Å². The molecule has 2 aromatic rings. The minimum absolute atomic E-state index is 0.325. The number of hydrogen-bond donors (Lipinski definition) is 1. The SMILES string of the molecule is CCC1(Cn2cnc3ccc(C(=O)O)cc32)CC1. The van der Waals surface area contributed by atoms with Gasteiger partial charge in [-0.25, -0.2) is 9.78 Å². The number of carbonyl (C=O) groups is 1. The molecule has 0 atom stereocenters. The highest BCUT2D eigenvalue weighted by Gasteiger charge is 2.41. The van der Waals surface area contributed by atoms with Crippen LogP contribution in [0.1, 0.15) is 36.5 Å². The Morgan fingerprint density at radius 2 is 2.28 bits per heavy atom. The summed E-state index contributed by atoms with van der Waals surface area (Å²) in [6.45, 7) is 3.16. The molecule has 1 fully saturated rings. The fraction of sp³-hybridized carbons (Fsp3) is 0.429. The Morgan fingerprint density at radius 1 is 1.50 bits per heavy atom. The summed E-state index contributed by atoms with van der Waals surface area (Å²) >= 11 is 0. The van der Waals surface area contributed by atoms with Crippen LogP contribution in [0.15, 0.2) is 24.5 Å². The number of benzene rings is 1. The Bertz CT molecular complexity index is 611. The minimum atomic E-state index is -0.888. The number of aromatic nitrogens is 2. The summed E-state index contributed by atoms with van der Waals surface area (Å²) in [6.07, 6.45) is 5.53.